The number of nitrogens with one attached hydrogen (secondary N) is 1. The molecular formula is C18H21N3O4S. The van der Waals surface area contributed by atoms with Crippen LogP contribution < -0.4 is 5.43 Å². The molecule has 0 bridgehead atoms. The van der Waals surface area contributed by atoms with E-state index in [9.17, 15) is 13.2 Å². The van der Waals surface area contributed by atoms with Gasteiger partial charge in [0.05, 0.1) is 17.4 Å². The van der Waals surface area contributed by atoms with Crippen LogP contribution in [0.1, 0.15) is 41.8 Å². The first-order valence-electron chi connectivity index (χ1n) is 8.54. The van der Waals surface area contributed by atoms with Crippen molar-refractivity contribution in [2.24, 2.45) is 5.10 Å². The van der Waals surface area contributed by atoms with E-state index in [1.54, 1.807) is 12.1 Å². The van der Waals surface area contributed by atoms with E-state index in [1.807, 2.05) is 0 Å². The van der Waals surface area contributed by atoms with Gasteiger partial charge in [0.25, 0.3) is 5.91 Å². The Kier molecular flexibility index (Phi) is 5.85. The molecule has 0 atom stereocenters. The molecule has 1 aromatic carbocycles. The van der Waals surface area contributed by atoms with Gasteiger partial charge in [-0.1, -0.05) is 12.8 Å². The maximum absolute atomic E-state index is 12.7. The number of amides is 1. The van der Waals surface area contributed by atoms with Crippen molar-refractivity contribution in [3.8, 4) is 0 Å². The first-order chi connectivity index (χ1) is 12.6. The van der Waals surface area contributed by atoms with Gasteiger partial charge in [-0.25, -0.2) is 13.8 Å². The van der Waals surface area contributed by atoms with Gasteiger partial charge in [0.15, 0.2) is 0 Å². The number of rotatable bonds is 5. The minimum absolute atomic E-state index is 0.204. The normalized spacial score (nSPS) is 16.5. The molecule has 1 saturated heterocycles. The Morgan fingerprint density at radius 3 is 2.38 bits per heavy atom. The molecule has 1 N–H and O–H groups in total. The summed E-state index contributed by atoms with van der Waals surface area (Å²) >= 11 is 0. The van der Waals surface area contributed by atoms with E-state index in [2.05, 4.69) is 10.5 Å². The molecule has 0 radical (unpaired) electrons. The third-order valence-corrected chi connectivity index (χ3v) is 6.13. The van der Waals surface area contributed by atoms with Crippen LogP contribution in [0.15, 0.2) is 57.1 Å². The van der Waals surface area contributed by atoms with Crippen molar-refractivity contribution >= 4 is 22.1 Å². The van der Waals surface area contributed by atoms with Crippen LogP contribution in [0.4, 0.5) is 0 Å². The monoisotopic (exact) mass is 375 g/mol. The minimum atomic E-state index is -3.51. The molecule has 1 aliphatic rings. The van der Waals surface area contributed by atoms with Crippen molar-refractivity contribution in [1.29, 1.82) is 0 Å². The lowest BCUT2D eigenvalue weighted by Gasteiger charge is -2.19. The van der Waals surface area contributed by atoms with Crippen molar-refractivity contribution in [2.75, 3.05) is 13.1 Å². The summed E-state index contributed by atoms with van der Waals surface area (Å²) in [6.45, 7) is 1.10. The number of sulfonamides is 1. The topological polar surface area (TPSA) is 92.0 Å². The van der Waals surface area contributed by atoms with Crippen LogP contribution >= 0.6 is 0 Å². The quantitative estimate of drug-likeness (QED) is 0.642. The molecule has 26 heavy (non-hydrogen) atoms. The van der Waals surface area contributed by atoms with E-state index < -0.39 is 15.9 Å². The predicted octanol–water partition coefficient (Wildman–Crippen LogP) is 2.61. The lowest BCUT2D eigenvalue weighted by molar-refractivity contribution is 0.0955. The molecule has 0 unspecified atom stereocenters. The zero-order chi connectivity index (χ0) is 18.4. The fourth-order valence-electron chi connectivity index (χ4n) is 2.79. The second-order valence-electron chi connectivity index (χ2n) is 6.06. The summed E-state index contributed by atoms with van der Waals surface area (Å²) in [5, 5.41) is 3.80. The maximum atomic E-state index is 12.7. The highest BCUT2D eigenvalue weighted by Gasteiger charge is 2.25. The molecule has 8 heteroatoms. The van der Waals surface area contributed by atoms with E-state index in [0.717, 1.165) is 25.7 Å². The molecule has 2 heterocycles. The van der Waals surface area contributed by atoms with Crippen LogP contribution in [-0.2, 0) is 10.0 Å². The number of furan rings is 1. The standard InChI is InChI=1S/C18H21N3O4S/c22-18(20-19-14-16-6-5-13-25-16)15-7-9-17(10-8-15)26(23,24)21-11-3-1-2-4-12-21/h5-10,13-14H,1-4,11-12H2,(H,20,22)/b19-14-. The molecule has 1 fully saturated rings. The zero-order valence-electron chi connectivity index (χ0n) is 14.3. The van der Waals surface area contributed by atoms with Crippen molar-refractivity contribution in [2.45, 2.75) is 30.6 Å². The SMILES string of the molecule is O=C(N/N=C\c1ccco1)c1ccc(S(=O)(=O)N2CCCCCC2)cc1. The third kappa shape index (κ3) is 4.39. The third-order valence-electron chi connectivity index (χ3n) is 4.22. The number of hydrazone groups is 1. The summed E-state index contributed by atoms with van der Waals surface area (Å²) in [5.74, 6) is 0.0933. The summed E-state index contributed by atoms with van der Waals surface area (Å²) < 4.78 is 32.0. The predicted molar refractivity (Wildman–Crippen MR) is 97.4 cm³/mol. The summed E-state index contributed by atoms with van der Waals surface area (Å²) in [7, 11) is -3.51. The van der Waals surface area contributed by atoms with E-state index in [-0.39, 0.29) is 4.90 Å². The molecular weight excluding hydrogens is 354 g/mol. The molecule has 0 saturated carbocycles. The highest BCUT2D eigenvalue weighted by molar-refractivity contribution is 7.89. The molecule has 1 aliphatic heterocycles. The van der Waals surface area contributed by atoms with E-state index >= 15 is 0 Å². The van der Waals surface area contributed by atoms with Gasteiger partial charge >= 0.3 is 0 Å². The number of hydrogen-bond donors (Lipinski definition) is 1. The van der Waals surface area contributed by atoms with Crippen molar-refractivity contribution < 1.29 is 17.6 Å². The Morgan fingerprint density at radius 1 is 1.08 bits per heavy atom. The Balaban J connectivity index is 1.66. The Bertz CT molecular complexity index is 850. The van der Waals surface area contributed by atoms with Crippen molar-refractivity contribution in [1.82, 2.24) is 9.73 Å². The molecule has 0 aliphatic carbocycles. The Labute approximate surface area is 152 Å². The molecule has 1 amide bonds. The van der Waals surface area contributed by atoms with Gasteiger partial charge in [-0.3, -0.25) is 4.79 Å². The van der Waals surface area contributed by atoms with Crippen molar-refractivity contribution in [3.05, 3.63) is 54.0 Å². The summed E-state index contributed by atoms with van der Waals surface area (Å²) in [5.41, 5.74) is 2.71. The number of benzene rings is 1. The molecule has 138 valence electrons. The van der Waals surface area contributed by atoms with Gasteiger partial charge in [0, 0.05) is 18.7 Å². The number of carbonyl (C=O) groups is 1. The summed E-state index contributed by atoms with van der Waals surface area (Å²) in [6, 6.07) is 9.33. The number of hydrogen-bond acceptors (Lipinski definition) is 5. The smallest absolute Gasteiger partial charge is 0.271 e. The average Bonchev–Trinajstić information content (AvgIpc) is 3.00. The largest absolute Gasteiger partial charge is 0.463 e. The van der Waals surface area contributed by atoms with Gasteiger partial charge in [0.2, 0.25) is 10.0 Å². The molecule has 2 aromatic rings. The van der Waals surface area contributed by atoms with Crippen LogP contribution in [0, 0.1) is 0 Å². The number of nitrogens with zero attached hydrogens (tertiary/aromatic N) is 2. The second-order valence-corrected chi connectivity index (χ2v) is 8.00. The molecule has 0 spiro atoms. The fraction of sp³-hybridized carbons (Fsp3) is 0.333. The number of carbonyl (C=O) groups excluding carboxylic acids is 1. The van der Waals surface area contributed by atoms with Crippen LogP contribution in [0.5, 0.6) is 0 Å². The van der Waals surface area contributed by atoms with Gasteiger partial charge in [-0.15, -0.1) is 0 Å². The summed E-state index contributed by atoms with van der Waals surface area (Å²) in [4.78, 5) is 12.3. The first-order valence-corrected chi connectivity index (χ1v) is 9.98. The van der Waals surface area contributed by atoms with Crippen LogP contribution in [0.25, 0.3) is 0 Å². The first kappa shape index (κ1) is 18.3. The van der Waals surface area contributed by atoms with E-state index in [4.69, 9.17) is 4.42 Å². The van der Waals surface area contributed by atoms with Crippen LogP contribution in [-0.4, -0.2) is 37.9 Å². The minimum Gasteiger partial charge on any atom is -0.463 e. The maximum Gasteiger partial charge on any atom is 0.271 e. The van der Waals surface area contributed by atoms with Gasteiger partial charge in [-0.2, -0.15) is 9.41 Å². The van der Waals surface area contributed by atoms with Crippen molar-refractivity contribution in [3.63, 3.8) is 0 Å². The molecule has 3 rings (SSSR count). The lowest BCUT2D eigenvalue weighted by Crippen LogP contribution is -2.32. The van der Waals surface area contributed by atoms with E-state index in [0.29, 0.717) is 24.4 Å². The molecule has 7 nitrogen and oxygen atoms in total. The van der Waals surface area contributed by atoms with Gasteiger partial charge in [0.1, 0.15) is 5.76 Å². The highest BCUT2D eigenvalue weighted by Crippen LogP contribution is 2.20. The fourth-order valence-corrected chi connectivity index (χ4v) is 4.31. The van der Waals surface area contributed by atoms with Gasteiger partial charge in [-0.05, 0) is 49.2 Å². The Morgan fingerprint density at radius 2 is 1.77 bits per heavy atom. The average molecular weight is 375 g/mol. The Hall–Kier alpha value is -2.45. The van der Waals surface area contributed by atoms with Gasteiger partial charge < -0.3 is 4.42 Å². The summed E-state index contributed by atoms with van der Waals surface area (Å²) in [6.07, 6.45) is 6.77. The van der Waals surface area contributed by atoms with Crippen LogP contribution in [0.2, 0.25) is 0 Å². The van der Waals surface area contributed by atoms with E-state index in [1.165, 1.54) is 41.0 Å². The lowest BCUT2D eigenvalue weighted by atomic mass is 10.2. The zero-order valence-corrected chi connectivity index (χ0v) is 15.1. The van der Waals surface area contributed by atoms with Crippen LogP contribution in [0.3, 0.4) is 0 Å². The second kappa shape index (κ2) is 8.29. The highest BCUT2D eigenvalue weighted by atomic mass is 32.2. The molecule has 1 aromatic heterocycles.